The Hall–Kier alpha value is -1.82. The highest BCUT2D eigenvalue weighted by Gasteiger charge is 2.21. The smallest absolute Gasteiger partial charge is 0.337 e. The zero-order chi connectivity index (χ0) is 13.1. The van der Waals surface area contributed by atoms with Gasteiger partial charge in [0, 0.05) is 25.9 Å². The van der Waals surface area contributed by atoms with Gasteiger partial charge in [-0.05, 0) is 24.8 Å². The molecule has 2 heterocycles. The molecule has 0 aromatic carbocycles. The van der Waals surface area contributed by atoms with E-state index in [0.717, 1.165) is 25.9 Å². The molecule has 0 spiro atoms. The molecule has 1 aliphatic heterocycles. The van der Waals surface area contributed by atoms with Crippen molar-refractivity contribution in [2.75, 3.05) is 30.3 Å². The van der Waals surface area contributed by atoms with Crippen LogP contribution in [0, 0.1) is 5.92 Å². The van der Waals surface area contributed by atoms with E-state index in [1.807, 2.05) is 4.90 Å². The first-order valence-electron chi connectivity index (χ1n) is 5.96. The number of aliphatic hydroxyl groups is 1. The summed E-state index contributed by atoms with van der Waals surface area (Å²) in [5.41, 5.74) is 6.33. The minimum atomic E-state index is -1.03. The number of anilines is 2. The summed E-state index contributed by atoms with van der Waals surface area (Å²) in [5.74, 6) is -0.0445. The number of carboxylic acids is 1. The van der Waals surface area contributed by atoms with Crippen LogP contribution < -0.4 is 10.6 Å². The van der Waals surface area contributed by atoms with Gasteiger partial charge in [-0.2, -0.15) is 0 Å². The van der Waals surface area contributed by atoms with Crippen molar-refractivity contribution in [3.8, 4) is 0 Å². The van der Waals surface area contributed by atoms with Crippen molar-refractivity contribution in [2.45, 2.75) is 12.8 Å². The first-order chi connectivity index (χ1) is 8.61. The van der Waals surface area contributed by atoms with E-state index in [2.05, 4.69) is 4.98 Å². The van der Waals surface area contributed by atoms with Gasteiger partial charge in [0.15, 0.2) is 5.82 Å². The van der Waals surface area contributed by atoms with E-state index in [-0.39, 0.29) is 12.2 Å². The maximum Gasteiger partial charge on any atom is 0.337 e. The number of aliphatic hydroxyl groups excluding tert-OH is 1. The second kappa shape index (κ2) is 5.22. The Morgan fingerprint density at radius 3 is 2.67 bits per heavy atom. The molecule has 1 aliphatic rings. The van der Waals surface area contributed by atoms with Gasteiger partial charge >= 0.3 is 5.97 Å². The summed E-state index contributed by atoms with van der Waals surface area (Å²) < 4.78 is 0. The molecule has 0 aliphatic carbocycles. The number of nitrogens with zero attached hydrogens (tertiary/aromatic N) is 2. The lowest BCUT2D eigenvalue weighted by Crippen LogP contribution is -2.35. The first-order valence-corrected chi connectivity index (χ1v) is 5.96. The zero-order valence-electron chi connectivity index (χ0n) is 10.0. The average Bonchev–Trinajstić information content (AvgIpc) is 2.38. The van der Waals surface area contributed by atoms with Gasteiger partial charge in [0.1, 0.15) is 0 Å². The SMILES string of the molecule is Nc1cc(C(=O)O)cnc1N1CCC(CO)CC1. The third kappa shape index (κ3) is 2.53. The van der Waals surface area contributed by atoms with Crippen LogP contribution in [0.25, 0.3) is 0 Å². The number of hydrogen-bond donors (Lipinski definition) is 3. The molecule has 2 rings (SSSR count). The lowest BCUT2D eigenvalue weighted by molar-refractivity contribution is 0.0696. The van der Waals surface area contributed by atoms with E-state index in [9.17, 15) is 4.79 Å². The highest BCUT2D eigenvalue weighted by atomic mass is 16.4. The van der Waals surface area contributed by atoms with E-state index >= 15 is 0 Å². The molecule has 4 N–H and O–H groups in total. The van der Waals surface area contributed by atoms with Gasteiger partial charge in [0.2, 0.25) is 0 Å². The van der Waals surface area contributed by atoms with Gasteiger partial charge < -0.3 is 20.8 Å². The van der Waals surface area contributed by atoms with Crippen molar-refractivity contribution in [1.82, 2.24) is 4.98 Å². The van der Waals surface area contributed by atoms with Crippen molar-refractivity contribution in [2.24, 2.45) is 5.92 Å². The highest BCUT2D eigenvalue weighted by molar-refractivity contribution is 5.89. The van der Waals surface area contributed by atoms with Crippen molar-refractivity contribution in [3.63, 3.8) is 0 Å². The number of aromatic nitrogens is 1. The highest BCUT2D eigenvalue weighted by Crippen LogP contribution is 2.26. The number of aromatic carboxylic acids is 1. The summed E-state index contributed by atoms with van der Waals surface area (Å²) in [4.78, 5) is 17.0. The molecule has 98 valence electrons. The molecule has 6 nitrogen and oxygen atoms in total. The number of carbonyl (C=O) groups is 1. The van der Waals surface area contributed by atoms with E-state index in [4.69, 9.17) is 15.9 Å². The second-order valence-electron chi connectivity index (χ2n) is 4.55. The van der Waals surface area contributed by atoms with Crippen LogP contribution in [0.5, 0.6) is 0 Å². The third-order valence-electron chi connectivity index (χ3n) is 3.31. The van der Waals surface area contributed by atoms with Crippen LogP contribution in [-0.2, 0) is 0 Å². The second-order valence-corrected chi connectivity index (χ2v) is 4.55. The van der Waals surface area contributed by atoms with Crippen molar-refractivity contribution in [1.29, 1.82) is 0 Å². The molecule has 0 amide bonds. The Kier molecular flexibility index (Phi) is 3.66. The molecule has 18 heavy (non-hydrogen) atoms. The molecular weight excluding hydrogens is 234 g/mol. The van der Waals surface area contributed by atoms with Crippen LogP contribution in [0.4, 0.5) is 11.5 Å². The molecule has 0 bridgehead atoms. The Labute approximate surface area is 105 Å². The van der Waals surface area contributed by atoms with Gasteiger partial charge in [-0.25, -0.2) is 9.78 Å². The number of pyridine rings is 1. The average molecular weight is 251 g/mol. The molecule has 1 aromatic heterocycles. The van der Waals surface area contributed by atoms with Crippen LogP contribution in [0.2, 0.25) is 0 Å². The molecule has 1 fully saturated rings. The van der Waals surface area contributed by atoms with Crippen molar-refractivity contribution < 1.29 is 15.0 Å². The van der Waals surface area contributed by atoms with Gasteiger partial charge in [-0.15, -0.1) is 0 Å². The number of nitrogen functional groups attached to an aromatic ring is 1. The first kappa shape index (κ1) is 12.6. The van der Waals surface area contributed by atoms with Crippen LogP contribution in [0.15, 0.2) is 12.3 Å². The summed E-state index contributed by atoms with van der Waals surface area (Å²) in [7, 11) is 0. The van der Waals surface area contributed by atoms with Gasteiger partial charge in [0.25, 0.3) is 0 Å². The number of rotatable bonds is 3. The minimum Gasteiger partial charge on any atom is -0.478 e. The maximum absolute atomic E-state index is 10.8. The normalized spacial score (nSPS) is 16.8. The quantitative estimate of drug-likeness (QED) is 0.726. The van der Waals surface area contributed by atoms with Gasteiger partial charge in [-0.1, -0.05) is 0 Å². The molecule has 6 heteroatoms. The molecule has 0 atom stereocenters. The fraction of sp³-hybridized carbons (Fsp3) is 0.500. The number of hydrogen-bond acceptors (Lipinski definition) is 5. The Morgan fingerprint density at radius 1 is 1.50 bits per heavy atom. The fourth-order valence-corrected chi connectivity index (χ4v) is 2.18. The van der Waals surface area contributed by atoms with Crippen LogP contribution in [0.3, 0.4) is 0 Å². The maximum atomic E-state index is 10.8. The predicted octanol–water partition coefficient (Wildman–Crippen LogP) is 0.571. The lowest BCUT2D eigenvalue weighted by atomic mass is 9.98. The van der Waals surface area contributed by atoms with Gasteiger partial charge in [0.05, 0.1) is 11.3 Å². The topological polar surface area (TPSA) is 99.7 Å². The van der Waals surface area contributed by atoms with E-state index < -0.39 is 5.97 Å². The number of piperidine rings is 1. The summed E-state index contributed by atoms with van der Waals surface area (Å²) in [6.07, 6.45) is 3.13. The molecule has 0 radical (unpaired) electrons. The Balaban J connectivity index is 2.12. The predicted molar refractivity (Wildman–Crippen MR) is 67.6 cm³/mol. The van der Waals surface area contributed by atoms with E-state index in [1.54, 1.807) is 0 Å². The van der Waals surface area contributed by atoms with Crippen LogP contribution in [0.1, 0.15) is 23.2 Å². The summed E-state index contributed by atoms with van der Waals surface area (Å²) in [6, 6.07) is 1.43. The van der Waals surface area contributed by atoms with E-state index in [1.165, 1.54) is 12.3 Å². The molecular formula is C12H17N3O3. The summed E-state index contributed by atoms with van der Waals surface area (Å²) in [5, 5.41) is 17.9. The Bertz CT molecular complexity index is 442. The number of nitrogens with two attached hydrogens (primary N) is 1. The summed E-state index contributed by atoms with van der Waals surface area (Å²) in [6.45, 7) is 1.79. The molecule has 0 saturated carbocycles. The van der Waals surface area contributed by atoms with Crippen molar-refractivity contribution >= 4 is 17.5 Å². The van der Waals surface area contributed by atoms with Crippen molar-refractivity contribution in [3.05, 3.63) is 17.8 Å². The lowest BCUT2D eigenvalue weighted by Gasteiger charge is -2.32. The Morgan fingerprint density at radius 2 is 2.17 bits per heavy atom. The number of carboxylic acid groups (broad SMARTS) is 1. The third-order valence-corrected chi connectivity index (χ3v) is 3.31. The zero-order valence-corrected chi connectivity index (χ0v) is 10.0. The fourth-order valence-electron chi connectivity index (χ4n) is 2.18. The summed E-state index contributed by atoms with van der Waals surface area (Å²) >= 11 is 0. The monoisotopic (exact) mass is 251 g/mol. The van der Waals surface area contributed by atoms with Gasteiger partial charge in [-0.3, -0.25) is 0 Å². The molecule has 1 saturated heterocycles. The largest absolute Gasteiger partial charge is 0.478 e. The molecule has 0 unspecified atom stereocenters. The standard InChI is InChI=1S/C12H17N3O3/c13-10-5-9(12(17)18)6-14-11(10)15-3-1-8(7-16)2-4-15/h5-6,8,16H,1-4,7,13H2,(H,17,18). The van der Waals surface area contributed by atoms with Crippen LogP contribution in [-0.4, -0.2) is 40.9 Å². The van der Waals surface area contributed by atoms with Crippen LogP contribution >= 0.6 is 0 Å². The minimum absolute atomic E-state index is 0.0986. The van der Waals surface area contributed by atoms with E-state index in [0.29, 0.717) is 17.4 Å². The molecule has 1 aromatic rings.